The number of benzene rings is 2. The van der Waals surface area contributed by atoms with Gasteiger partial charge >= 0.3 is 0 Å². The molecule has 42 heavy (non-hydrogen) atoms. The van der Waals surface area contributed by atoms with Crippen LogP contribution in [0.15, 0.2) is 61.7 Å². The van der Waals surface area contributed by atoms with Gasteiger partial charge in [-0.15, -0.1) is 13.2 Å². The molecule has 2 aromatic rings. The molecule has 0 bridgehead atoms. The summed E-state index contributed by atoms with van der Waals surface area (Å²) >= 11 is 10.6. The fourth-order valence-corrected chi connectivity index (χ4v) is 6.80. The van der Waals surface area contributed by atoms with E-state index in [0.29, 0.717) is 23.7 Å². The normalized spacial score (nSPS) is 23.8. The lowest BCUT2D eigenvalue weighted by Gasteiger charge is -2.44. The predicted octanol–water partition coefficient (Wildman–Crippen LogP) is 8.87. The Morgan fingerprint density at radius 3 is 2.43 bits per heavy atom. The number of rotatable bonds is 8. The monoisotopic (exact) mass is 611 g/mol. The standard InChI is InChI=1S/C27H34ClN3O.C7H14S.C2H6/c1-2-4-18-6-7-21(18)15-31-16-27(12-3-5-19-13-22(28)9-10-23(19)27)17-32-25-11-8-20(26(29)30)14-24(25)31;1-4-5-6(2)7(3)8;1-2/h2,8-11,13-14,18,21,26H,1,3-7,12,15-17,29-30H2;4,6-8H,1,5H2,2-3H3;1-2H3/t18-,21+,27+;6-,7+;/m10./s1. The van der Waals surface area contributed by atoms with Gasteiger partial charge in [0.25, 0.3) is 0 Å². The Morgan fingerprint density at radius 2 is 1.83 bits per heavy atom. The van der Waals surface area contributed by atoms with Gasteiger partial charge in [-0.05, 0) is 104 Å². The van der Waals surface area contributed by atoms with Crippen molar-refractivity contribution in [3.05, 3.63) is 83.4 Å². The molecule has 2 aliphatic carbocycles. The van der Waals surface area contributed by atoms with Crippen LogP contribution in [-0.4, -0.2) is 24.9 Å². The van der Waals surface area contributed by atoms with E-state index in [9.17, 15) is 0 Å². The molecule has 232 valence electrons. The minimum absolute atomic E-state index is 0.0418. The molecule has 1 spiro atoms. The molecule has 4 nitrogen and oxygen atoms in total. The van der Waals surface area contributed by atoms with Crippen molar-refractivity contribution in [3.8, 4) is 5.75 Å². The summed E-state index contributed by atoms with van der Waals surface area (Å²) in [5.41, 5.74) is 16.9. The zero-order valence-corrected chi connectivity index (χ0v) is 28.0. The van der Waals surface area contributed by atoms with Gasteiger partial charge in [-0.2, -0.15) is 12.6 Å². The Hall–Kier alpha value is -1.92. The highest BCUT2D eigenvalue weighted by atomic mass is 35.5. The highest BCUT2D eigenvalue weighted by Gasteiger charge is 2.43. The quantitative estimate of drug-likeness (QED) is 0.158. The van der Waals surface area contributed by atoms with Gasteiger partial charge in [0, 0.05) is 28.8 Å². The number of halogens is 1. The van der Waals surface area contributed by atoms with Crippen LogP contribution in [0, 0.1) is 17.8 Å². The third-order valence-electron chi connectivity index (χ3n) is 9.31. The summed E-state index contributed by atoms with van der Waals surface area (Å²) in [6, 6.07) is 12.6. The van der Waals surface area contributed by atoms with E-state index in [0.717, 1.165) is 73.1 Å². The van der Waals surface area contributed by atoms with E-state index in [1.807, 2.05) is 32.1 Å². The number of hydrogen-bond acceptors (Lipinski definition) is 5. The lowest BCUT2D eigenvalue weighted by atomic mass is 9.69. The molecule has 1 aliphatic heterocycles. The Morgan fingerprint density at radius 1 is 1.10 bits per heavy atom. The first-order valence-corrected chi connectivity index (χ1v) is 16.8. The van der Waals surface area contributed by atoms with Crippen molar-refractivity contribution in [1.29, 1.82) is 0 Å². The van der Waals surface area contributed by atoms with Gasteiger partial charge in [-0.3, -0.25) is 0 Å². The third-order valence-corrected chi connectivity index (χ3v) is 10.1. The van der Waals surface area contributed by atoms with Crippen molar-refractivity contribution < 1.29 is 4.74 Å². The van der Waals surface area contributed by atoms with E-state index in [1.165, 1.54) is 24.0 Å². The number of fused-ring (bicyclic) bond motifs is 3. The van der Waals surface area contributed by atoms with Crippen molar-refractivity contribution in [2.75, 3.05) is 24.6 Å². The number of thiol groups is 1. The molecule has 5 atom stereocenters. The number of nitrogens with two attached hydrogens (primary N) is 2. The molecule has 1 heterocycles. The first-order valence-electron chi connectivity index (χ1n) is 15.9. The average Bonchev–Trinajstić information content (AvgIpc) is 3.12. The molecule has 4 N–H and O–H groups in total. The molecule has 1 fully saturated rings. The minimum atomic E-state index is -0.492. The summed E-state index contributed by atoms with van der Waals surface area (Å²) in [7, 11) is 0. The summed E-state index contributed by atoms with van der Waals surface area (Å²) in [6.07, 6.45) is 11.6. The lowest BCUT2D eigenvalue weighted by molar-refractivity contribution is 0.174. The van der Waals surface area contributed by atoms with Crippen molar-refractivity contribution >= 4 is 29.9 Å². The first kappa shape index (κ1) is 34.6. The van der Waals surface area contributed by atoms with E-state index in [1.54, 1.807) is 0 Å². The van der Waals surface area contributed by atoms with Crippen LogP contribution in [0.2, 0.25) is 5.02 Å². The minimum Gasteiger partial charge on any atom is -0.490 e. The molecular formula is C36H54ClN3OS. The topological polar surface area (TPSA) is 64.5 Å². The van der Waals surface area contributed by atoms with Crippen LogP contribution in [0.5, 0.6) is 5.75 Å². The summed E-state index contributed by atoms with van der Waals surface area (Å²) in [5.74, 6) is 3.01. The molecule has 6 heteroatoms. The molecule has 0 aromatic heterocycles. The molecule has 1 saturated carbocycles. The van der Waals surface area contributed by atoms with Gasteiger partial charge in [-0.25, -0.2) is 0 Å². The fourth-order valence-electron chi connectivity index (χ4n) is 6.48. The van der Waals surface area contributed by atoms with E-state index in [-0.39, 0.29) is 5.41 Å². The molecule has 3 aliphatic rings. The second-order valence-electron chi connectivity index (χ2n) is 12.2. The second kappa shape index (κ2) is 16.2. The van der Waals surface area contributed by atoms with Crippen LogP contribution in [-0.2, 0) is 11.8 Å². The number of ether oxygens (including phenoxy) is 1. The van der Waals surface area contributed by atoms with Crippen molar-refractivity contribution in [2.45, 2.75) is 89.5 Å². The zero-order chi connectivity index (χ0) is 30.9. The first-order chi connectivity index (χ1) is 20.2. The highest BCUT2D eigenvalue weighted by Crippen LogP contribution is 2.46. The van der Waals surface area contributed by atoms with E-state index < -0.39 is 6.17 Å². The average molecular weight is 612 g/mol. The van der Waals surface area contributed by atoms with Crippen molar-refractivity contribution in [2.24, 2.45) is 29.2 Å². The smallest absolute Gasteiger partial charge is 0.142 e. The van der Waals surface area contributed by atoms with Crippen LogP contribution in [0.25, 0.3) is 0 Å². The maximum absolute atomic E-state index is 6.53. The maximum atomic E-state index is 6.53. The predicted molar refractivity (Wildman–Crippen MR) is 186 cm³/mol. The van der Waals surface area contributed by atoms with Crippen molar-refractivity contribution in [3.63, 3.8) is 0 Å². The number of allylic oxidation sites excluding steroid dienone is 2. The van der Waals surface area contributed by atoms with Gasteiger partial charge in [0.1, 0.15) is 5.75 Å². The van der Waals surface area contributed by atoms with Crippen LogP contribution < -0.4 is 21.1 Å². The van der Waals surface area contributed by atoms with Crippen LogP contribution in [0.4, 0.5) is 5.69 Å². The van der Waals surface area contributed by atoms with Gasteiger partial charge in [0.05, 0.1) is 18.5 Å². The Labute approximate surface area is 266 Å². The molecule has 2 aromatic carbocycles. The summed E-state index contributed by atoms with van der Waals surface area (Å²) in [5, 5.41) is 1.31. The summed E-state index contributed by atoms with van der Waals surface area (Å²) in [4.78, 5) is 2.57. The van der Waals surface area contributed by atoms with Crippen LogP contribution >= 0.6 is 24.2 Å². The number of anilines is 1. The summed E-state index contributed by atoms with van der Waals surface area (Å²) in [6.45, 7) is 18.6. The van der Waals surface area contributed by atoms with Gasteiger partial charge in [0.15, 0.2) is 0 Å². The molecule has 0 unspecified atom stereocenters. The Kier molecular flexibility index (Phi) is 13.4. The van der Waals surface area contributed by atoms with Gasteiger partial charge in [0.2, 0.25) is 0 Å². The van der Waals surface area contributed by atoms with E-state index in [2.05, 4.69) is 74.9 Å². The zero-order valence-electron chi connectivity index (χ0n) is 26.3. The van der Waals surface area contributed by atoms with Crippen molar-refractivity contribution in [1.82, 2.24) is 0 Å². The Bertz CT molecular complexity index is 1170. The van der Waals surface area contributed by atoms with Crippen LogP contribution in [0.3, 0.4) is 0 Å². The molecule has 0 radical (unpaired) electrons. The number of hydrogen-bond donors (Lipinski definition) is 3. The largest absolute Gasteiger partial charge is 0.490 e. The van der Waals surface area contributed by atoms with Gasteiger partial charge in [-0.1, -0.05) is 63.6 Å². The van der Waals surface area contributed by atoms with Crippen LogP contribution in [0.1, 0.15) is 89.1 Å². The number of nitrogens with zero attached hydrogens (tertiary/aromatic N) is 1. The molecule has 5 rings (SSSR count). The van der Waals surface area contributed by atoms with Gasteiger partial charge < -0.3 is 21.1 Å². The maximum Gasteiger partial charge on any atom is 0.142 e. The molecular weight excluding hydrogens is 558 g/mol. The molecule has 0 saturated heterocycles. The molecule has 0 amide bonds. The second-order valence-corrected chi connectivity index (χ2v) is 13.5. The third kappa shape index (κ3) is 8.37. The van der Waals surface area contributed by atoms with E-state index >= 15 is 0 Å². The summed E-state index contributed by atoms with van der Waals surface area (Å²) < 4.78 is 6.53. The fraction of sp³-hybridized carbons (Fsp3) is 0.556. The highest BCUT2D eigenvalue weighted by molar-refractivity contribution is 7.80. The number of aryl methyl sites for hydroxylation is 1. The lowest BCUT2D eigenvalue weighted by Crippen LogP contribution is -2.48. The van der Waals surface area contributed by atoms with E-state index in [4.69, 9.17) is 27.8 Å². The Balaban J connectivity index is 0.000000421. The SMILES string of the molecule is C=CC[C@@H]1CC[C@H]1CN1C[C@@]2(CCCc3cc(Cl)ccc32)COc2ccc(C(N)N)cc21.C=CC[C@H](C)[C@@H](C)S.CC.